The molecule has 0 amide bonds. The standard InChI is InChI=1S/C15H14ClN3/c1-2-8-18-15-12(10-17)6-7-14(19-15)11-4-3-5-13(16)9-11/h3-7,9H,2,8H2,1H3,(H,18,19). The van der Waals surface area contributed by atoms with E-state index in [1.807, 2.05) is 30.3 Å². The SMILES string of the molecule is CCCNc1nc(-c2cccc(Cl)c2)ccc1C#N. The summed E-state index contributed by atoms with van der Waals surface area (Å²) >= 11 is 5.98. The predicted molar refractivity (Wildman–Crippen MR) is 78.2 cm³/mol. The third kappa shape index (κ3) is 3.24. The van der Waals surface area contributed by atoms with Gasteiger partial charge in [-0.25, -0.2) is 4.98 Å². The Morgan fingerprint density at radius 3 is 2.84 bits per heavy atom. The van der Waals surface area contributed by atoms with Crippen LogP contribution in [0.2, 0.25) is 5.02 Å². The van der Waals surface area contributed by atoms with E-state index in [1.54, 1.807) is 6.07 Å². The van der Waals surface area contributed by atoms with Crippen LogP contribution in [0.25, 0.3) is 11.3 Å². The first kappa shape index (κ1) is 13.4. The van der Waals surface area contributed by atoms with Crippen molar-refractivity contribution in [2.75, 3.05) is 11.9 Å². The summed E-state index contributed by atoms with van der Waals surface area (Å²) in [6.07, 6.45) is 0.980. The van der Waals surface area contributed by atoms with Crippen molar-refractivity contribution < 1.29 is 0 Å². The molecule has 1 aromatic carbocycles. The van der Waals surface area contributed by atoms with Gasteiger partial charge < -0.3 is 5.32 Å². The maximum absolute atomic E-state index is 9.07. The number of rotatable bonds is 4. The second kappa shape index (κ2) is 6.21. The molecule has 0 spiro atoms. The number of hydrogen-bond donors (Lipinski definition) is 1. The van der Waals surface area contributed by atoms with Crippen LogP contribution in [0, 0.1) is 11.3 Å². The fraction of sp³-hybridized carbons (Fsp3) is 0.200. The molecule has 0 bridgehead atoms. The fourth-order valence-electron chi connectivity index (χ4n) is 1.74. The summed E-state index contributed by atoms with van der Waals surface area (Å²) in [5, 5.41) is 12.9. The zero-order valence-electron chi connectivity index (χ0n) is 10.7. The molecule has 0 aliphatic heterocycles. The van der Waals surface area contributed by atoms with Gasteiger partial charge in [-0.05, 0) is 30.7 Å². The second-order valence-corrected chi connectivity index (χ2v) is 4.58. The first-order chi connectivity index (χ1) is 9.24. The molecule has 0 saturated heterocycles. The minimum Gasteiger partial charge on any atom is -0.369 e. The summed E-state index contributed by atoms with van der Waals surface area (Å²) in [6.45, 7) is 2.86. The van der Waals surface area contributed by atoms with Crippen LogP contribution in [0.1, 0.15) is 18.9 Å². The molecule has 4 heteroatoms. The molecule has 0 fully saturated rings. The van der Waals surface area contributed by atoms with Crippen molar-refractivity contribution in [1.29, 1.82) is 5.26 Å². The highest BCUT2D eigenvalue weighted by Crippen LogP contribution is 2.23. The predicted octanol–water partition coefficient (Wildman–Crippen LogP) is 4.10. The number of benzene rings is 1. The Bertz CT molecular complexity index is 617. The van der Waals surface area contributed by atoms with Crippen molar-refractivity contribution in [3.63, 3.8) is 0 Å². The van der Waals surface area contributed by atoms with Crippen LogP contribution in [0.4, 0.5) is 5.82 Å². The lowest BCUT2D eigenvalue weighted by molar-refractivity contribution is 0.968. The van der Waals surface area contributed by atoms with E-state index in [-0.39, 0.29) is 0 Å². The Morgan fingerprint density at radius 2 is 2.16 bits per heavy atom. The van der Waals surface area contributed by atoms with Gasteiger partial charge in [0.15, 0.2) is 0 Å². The Hall–Kier alpha value is -2.05. The van der Waals surface area contributed by atoms with E-state index in [1.165, 1.54) is 0 Å². The van der Waals surface area contributed by atoms with Crippen molar-refractivity contribution in [1.82, 2.24) is 4.98 Å². The zero-order chi connectivity index (χ0) is 13.7. The largest absolute Gasteiger partial charge is 0.369 e. The minimum absolute atomic E-state index is 0.555. The van der Waals surface area contributed by atoms with Gasteiger partial charge in [-0.2, -0.15) is 5.26 Å². The number of halogens is 1. The van der Waals surface area contributed by atoms with E-state index >= 15 is 0 Å². The number of pyridine rings is 1. The minimum atomic E-state index is 0.555. The molecular weight excluding hydrogens is 258 g/mol. The zero-order valence-corrected chi connectivity index (χ0v) is 11.4. The number of nitrogens with zero attached hydrogens (tertiary/aromatic N) is 2. The van der Waals surface area contributed by atoms with E-state index in [9.17, 15) is 0 Å². The number of nitriles is 1. The molecule has 0 aliphatic carbocycles. The van der Waals surface area contributed by atoms with Crippen molar-refractivity contribution in [2.24, 2.45) is 0 Å². The fourth-order valence-corrected chi connectivity index (χ4v) is 1.93. The number of hydrogen-bond acceptors (Lipinski definition) is 3. The van der Waals surface area contributed by atoms with Gasteiger partial charge in [0.25, 0.3) is 0 Å². The van der Waals surface area contributed by atoms with Crippen LogP contribution in [-0.2, 0) is 0 Å². The quantitative estimate of drug-likeness (QED) is 0.911. The summed E-state index contributed by atoms with van der Waals surface area (Å²) in [6, 6.07) is 13.3. The maximum atomic E-state index is 9.07. The van der Waals surface area contributed by atoms with Crippen LogP contribution >= 0.6 is 11.6 Å². The van der Waals surface area contributed by atoms with E-state index in [4.69, 9.17) is 16.9 Å². The lowest BCUT2D eigenvalue weighted by Crippen LogP contribution is -2.04. The first-order valence-electron chi connectivity index (χ1n) is 6.15. The highest BCUT2D eigenvalue weighted by molar-refractivity contribution is 6.30. The highest BCUT2D eigenvalue weighted by atomic mass is 35.5. The number of nitrogens with one attached hydrogen (secondary N) is 1. The van der Waals surface area contributed by atoms with Crippen molar-refractivity contribution in [2.45, 2.75) is 13.3 Å². The third-order valence-electron chi connectivity index (χ3n) is 2.68. The second-order valence-electron chi connectivity index (χ2n) is 4.14. The topological polar surface area (TPSA) is 48.7 Å². The van der Waals surface area contributed by atoms with E-state index < -0.39 is 0 Å². The van der Waals surface area contributed by atoms with E-state index in [0.717, 1.165) is 24.2 Å². The Balaban J connectivity index is 2.40. The molecule has 0 unspecified atom stereocenters. The van der Waals surface area contributed by atoms with Gasteiger partial charge >= 0.3 is 0 Å². The maximum Gasteiger partial charge on any atom is 0.144 e. The molecule has 0 atom stereocenters. The van der Waals surface area contributed by atoms with Gasteiger partial charge in [-0.1, -0.05) is 30.7 Å². The average molecular weight is 272 g/mol. The molecule has 1 heterocycles. The van der Waals surface area contributed by atoms with Crippen LogP contribution in [0.5, 0.6) is 0 Å². The molecule has 3 nitrogen and oxygen atoms in total. The lowest BCUT2D eigenvalue weighted by atomic mass is 10.1. The molecule has 1 N–H and O–H groups in total. The van der Waals surface area contributed by atoms with Crippen LogP contribution < -0.4 is 5.32 Å². The van der Waals surface area contributed by atoms with Crippen molar-refractivity contribution in [3.8, 4) is 17.3 Å². The van der Waals surface area contributed by atoms with Crippen LogP contribution in [-0.4, -0.2) is 11.5 Å². The van der Waals surface area contributed by atoms with Gasteiger partial charge in [-0.15, -0.1) is 0 Å². The Kier molecular flexibility index (Phi) is 4.38. The van der Waals surface area contributed by atoms with Crippen molar-refractivity contribution in [3.05, 3.63) is 47.0 Å². The van der Waals surface area contributed by atoms with Gasteiger partial charge in [0.2, 0.25) is 0 Å². The normalized spacial score (nSPS) is 9.95. The molecule has 19 heavy (non-hydrogen) atoms. The van der Waals surface area contributed by atoms with E-state index in [0.29, 0.717) is 16.4 Å². The molecule has 96 valence electrons. The summed E-state index contributed by atoms with van der Waals surface area (Å²) in [7, 11) is 0. The summed E-state index contributed by atoms with van der Waals surface area (Å²) in [5.74, 6) is 0.627. The molecule has 0 saturated carbocycles. The number of aromatic nitrogens is 1. The van der Waals surface area contributed by atoms with Crippen LogP contribution in [0.3, 0.4) is 0 Å². The highest BCUT2D eigenvalue weighted by Gasteiger charge is 2.06. The molecule has 0 radical (unpaired) electrons. The van der Waals surface area contributed by atoms with Crippen molar-refractivity contribution >= 4 is 17.4 Å². The van der Waals surface area contributed by atoms with Gasteiger partial charge in [0.05, 0.1) is 11.3 Å². The van der Waals surface area contributed by atoms with E-state index in [2.05, 4.69) is 23.3 Å². The Morgan fingerprint density at radius 1 is 1.32 bits per heavy atom. The summed E-state index contributed by atoms with van der Waals surface area (Å²) in [5.41, 5.74) is 2.30. The summed E-state index contributed by atoms with van der Waals surface area (Å²) < 4.78 is 0. The van der Waals surface area contributed by atoms with Crippen LogP contribution in [0.15, 0.2) is 36.4 Å². The third-order valence-corrected chi connectivity index (χ3v) is 2.91. The monoisotopic (exact) mass is 271 g/mol. The number of anilines is 1. The van der Waals surface area contributed by atoms with Gasteiger partial charge in [0.1, 0.15) is 11.9 Å². The molecule has 0 aliphatic rings. The average Bonchev–Trinajstić information content (AvgIpc) is 2.44. The first-order valence-corrected chi connectivity index (χ1v) is 6.53. The molecule has 2 rings (SSSR count). The smallest absolute Gasteiger partial charge is 0.144 e. The van der Waals surface area contributed by atoms with Gasteiger partial charge in [0, 0.05) is 17.1 Å². The molecule has 2 aromatic rings. The summed E-state index contributed by atoms with van der Waals surface area (Å²) in [4.78, 5) is 4.50. The Labute approximate surface area is 117 Å². The molecular formula is C15H14ClN3. The van der Waals surface area contributed by atoms with Gasteiger partial charge in [-0.3, -0.25) is 0 Å². The lowest BCUT2D eigenvalue weighted by Gasteiger charge is -2.08. The molecule has 1 aromatic heterocycles.